The summed E-state index contributed by atoms with van der Waals surface area (Å²) in [4.78, 5) is 12.3. The number of methoxy groups -OCH3 is 1. The number of benzene rings is 2. The van der Waals surface area contributed by atoms with Crippen LogP contribution in [0.25, 0.3) is 0 Å². The van der Waals surface area contributed by atoms with Gasteiger partial charge in [0, 0.05) is 19.2 Å². The van der Waals surface area contributed by atoms with E-state index in [9.17, 15) is 26.4 Å². The number of alkyl halides is 3. The van der Waals surface area contributed by atoms with Crippen molar-refractivity contribution in [2.75, 3.05) is 32.2 Å². The maximum absolute atomic E-state index is 12.4. The molecular weight excluding hydrogens is 413 g/mol. The summed E-state index contributed by atoms with van der Waals surface area (Å²) in [5, 5.41) is 2.45. The molecule has 2 rings (SSSR count). The van der Waals surface area contributed by atoms with Crippen molar-refractivity contribution in [2.24, 2.45) is 0 Å². The molecule has 29 heavy (non-hydrogen) atoms. The number of anilines is 1. The molecule has 0 spiro atoms. The van der Waals surface area contributed by atoms with Crippen LogP contribution in [0.5, 0.6) is 5.75 Å². The minimum atomic E-state index is -4.52. The summed E-state index contributed by atoms with van der Waals surface area (Å²) >= 11 is 0. The Labute approximate surface area is 165 Å². The van der Waals surface area contributed by atoms with Crippen molar-refractivity contribution in [3.05, 3.63) is 54.1 Å². The molecule has 0 atom stereocenters. The molecular formula is C18H19F3N2O5S. The number of hydrogen-bond acceptors (Lipinski definition) is 5. The predicted octanol–water partition coefficient (Wildman–Crippen LogP) is 2.80. The second-order valence-corrected chi connectivity index (χ2v) is 7.54. The maximum atomic E-state index is 12.4. The lowest BCUT2D eigenvalue weighted by molar-refractivity contribution is -0.153. The molecule has 2 aromatic rings. The highest BCUT2D eigenvalue weighted by Crippen LogP contribution is 2.27. The van der Waals surface area contributed by atoms with Gasteiger partial charge in [-0.2, -0.15) is 13.2 Å². The van der Waals surface area contributed by atoms with Gasteiger partial charge in [0.05, 0.1) is 17.2 Å². The molecule has 2 N–H and O–H groups in total. The number of sulfonamides is 1. The molecule has 0 fully saturated rings. The minimum Gasteiger partial charge on any atom is -0.482 e. The van der Waals surface area contributed by atoms with Gasteiger partial charge in [-0.3, -0.25) is 4.79 Å². The fourth-order valence-corrected chi connectivity index (χ4v) is 3.21. The second kappa shape index (κ2) is 9.72. The van der Waals surface area contributed by atoms with E-state index < -0.39 is 28.7 Å². The third-order valence-corrected chi connectivity index (χ3v) is 5.03. The second-order valence-electron chi connectivity index (χ2n) is 5.77. The fraction of sp³-hybridized carbons (Fsp3) is 0.278. The first-order valence-corrected chi connectivity index (χ1v) is 9.79. The van der Waals surface area contributed by atoms with Crippen LogP contribution in [0.2, 0.25) is 0 Å². The van der Waals surface area contributed by atoms with E-state index in [1.165, 1.54) is 55.6 Å². The molecule has 11 heteroatoms. The first-order chi connectivity index (χ1) is 13.6. The highest BCUT2D eigenvalue weighted by Gasteiger charge is 2.29. The molecule has 1 amide bonds. The standard InChI is InChI=1S/C18H19F3N2O5S/c1-27-11-10-22-29(25,26)14-8-6-13(7-9-14)17(24)23-15-4-2-3-5-16(15)28-12-18(19,20)21/h2-9,22H,10-12H2,1H3,(H,23,24). The zero-order valence-corrected chi connectivity index (χ0v) is 16.1. The number of ether oxygens (including phenoxy) is 2. The van der Waals surface area contributed by atoms with Gasteiger partial charge in [0.2, 0.25) is 10.0 Å². The van der Waals surface area contributed by atoms with Crippen LogP contribution in [0.4, 0.5) is 18.9 Å². The Hall–Kier alpha value is -2.63. The number of hydrogen-bond donors (Lipinski definition) is 2. The first kappa shape index (κ1) is 22.7. The molecule has 0 bridgehead atoms. The van der Waals surface area contributed by atoms with Crippen LogP contribution in [-0.2, 0) is 14.8 Å². The minimum absolute atomic E-state index is 0.0425. The summed E-state index contributed by atoms with van der Waals surface area (Å²) in [6.07, 6.45) is -4.52. The highest BCUT2D eigenvalue weighted by atomic mass is 32.2. The van der Waals surface area contributed by atoms with E-state index in [1.807, 2.05) is 0 Å². The van der Waals surface area contributed by atoms with Crippen LogP contribution in [0.15, 0.2) is 53.4 Å². The van der Waals surface area contributed by atoms with Gasteiger partial charge in [-0.25, -0.2) is 13.1 Å². The summed E-state index contributed by atoms with van der Waals surface area (Å²) in [6, 6.07) is 10.8. The number of halogens is 3. The molecule has 0 aliphatic rings. The average molecular weight is 432 g/mol. The first-order valence-electron chi connectivity index (χ1n) is 8.31. The number of carbonyl (C=O) groups excluding carboxylic acids is 1. The van der Waals surface area contributed by atoms with E-state index in [4.69, 9.17) is 9.47 Å². The van der Waals surface area contributed by atoms with Crippen molar-refractivity contribution < 1.29 is 35.9 Å². The Morgan fingerprint density at radius 2 is 1.72 bits per heavy atom. The molecule has 0 radical (unpaired) electrons. The molecule has 0 aromatic heterocycles. The zero-order valence-electron chi connectivity index (χ0n) is 15.3. The summed E-state index contributed by atoms with van der Waals surface area (Å²) < 4.78 is 73.1. The molecule has 7 nitrogen and oxygen atoms in total. The third-order valence-electron chi connectivity index (χ3n) is 3.55. The van der Waals surface area contributed by atoms with Gasteiger partial charge < -0.3 is 14.8 Å². The van der Waals surface area contributed by atoms with Crippen molar-refractivity contribution in [3.8, 4) is 5.75 Å². The van der Waals surface area contributed by atoms with Crippen LogP contribution < -0.4 is 14.8 Å². The van der Waals surface area contributed by atoms with E-state index >= 15 is 0 Å². The summed E-state index contributed by atoms with van der Waals surface area (Å²) in [7, 11) is -2.31. The lowest BCUT2D eigenvalue weighted by Gasteiger charge is -2.14. The number of carbonyl (C=O) groups is 1. The number of amides is 1. The largest absolute Gasteiger partial charge is 0.482 e. The van der Waals surface area contributed by atoms with E-state index in [2.05, 4.69) is 10.0 Å². The van der Waals surface area contributed by atoms with Crippen molar-refractivity contribution in [1.82, 2.24) is 4.72 Å². The number of rotatable bonds is 9. The SMILES string of the molecule is COCCNS(=O)(=O)c1ccc(C(=O)Nc2ccccc2OCC(F)(F)F)cc1. The Morgan fingerprint density at radius 3 is 2.34 bits per heavy atom. The normalized spacial score (nSPS) is 11.9. The van der Waals surface area contributed by atoms with E-state index in [-0.39, 0.29) is 35.0 Å². The summed E-state index contributed by atoms with van der Waals surface area (Å²) in [5.41, 5.74) is 0.172. The molecule has 0 saturated heterocycles. The van der Waals surface area contributed by atoms with Crippen molar-refractivity contribution in [3.63, 3.8) is 0 Å². The van der Waals surface area contributed by atoms with E-state index in [1.54, 1.807) is 0 Å². The Kier molecular flexibility index (Phi) is 7.59. The molecule has 0 aliphatic heterocycles. The van der Waals surface area contributed by atoms with Gasteiger partial charge in [-0.15, -0.1) is 0 Å². The van der Waals surface area contributed by atoms with Crippen molar-refractivity contribution >= 4 is 21.6 Å². The third kappa shape index (κ3) is 7.04. The smallest absolute Gasteiger partial charge is 0.422 e. The van der Waals surface area contributed by atoms with Gasteiger partial charge >= 0.3 is 6.18 Å². The maximum Gasteiger partial charge on any atom is 0.422 e. The van der Waals surface area contributed by atoms with Crippen LogP contribution in [0.1, 0.15) is 10.4 Å². The van der Waals surface area contributed by atoms with Crippen molar-refractivity contribution in [2.45, 2.75) is 11.1 Å². The molecule has 158 valence electrons. The lowest BCUT2D eigenvalue weighted by atomic mass is 10.2. The highest BCUT2D eigenvalue weighted by molar-refractivity contribution is 7.89. The monoisotopic (exact) mass is 432 g/mol. The van der Waals surface area contributed by atoms with Crippen LogP contribution in [-0.4, -0.2) is 47.4 Å². The quantitative estimate of drug-likeness (QED) is 0.595. The van der Waals surface area contributed by atoms with Crippen LogP contribution in [0, 0.1) is 0 Å². The zero-order chi connectivity index (χ0) is 21.5. The molecule has 2 aromatic carbocycles. The Bertz CT molecular complexity index is 931. The van der Waals surface area contributed by atoms with Crippen LogP contribution in [0.3, 0.4) is 0 Å². The Morgan fingerprint density at radius 1 is 1.07 bits per heavy atom. The Balaban J connectivity index is 2.09. The van der Waals surface area contributed by atoms with Gasteiger partial charge in [0.1, 0.15) is 5.75 Å². The van der Waals surface area contributed by atoms with Crippen molar-refractivity contribution in [1.29, 1.82) is 0 Å². The van der Waals surface area contributed by atoms with Crippen LogP contribution >= 0.6 is 0 Å². The average Bonchev–Trinajstić information content (AvgIpc) is 2.67. The molecule has 0 aliphatic carbocycles. The van der Waals surface area contributed by atoms with Gasteiger partial charge in [-0.05, 0) is 36.4 Å². The van der Waals surface area contributed by atoms with Gasteiger partial charge in [-0.1, -0.05) is 12.1 Å². The predicted molar refractivity (Wildman–Crippen MR) is 99.5 cm³/mol. The van der Waals surface area contributed by atoms with Gasteiger partial charge in [0.15, 0.2) is 6.61 Å². The molecule has 0 heterocycles. The molecule has 0 unspecified atom stereocenters. The van der Waals surface area contributed by atoms with E-state index in [0.717, 1.165) is 0 Å². The fourth-order valence-electron chi connectivity index (χ4n) is 2.20. The number of nitrogens with one attached hydrogen (secondary N) is 2. The van der Waals surface area contributed by atoms with Gasteiger partial charge in [0.25, 0.3) is 5.91 Å². The summed E-state index contributed by atoms with van der Waals surface area (Å²) in [5.74, 6) is -0.774. The molecule has 0 saturated carbocycles. The topological polar surface area (TPSA) is 93.7 Å². The summed E-state index contributed by atoms with van der Waals surface area (Å²) in [6.45, 7) is -1.20. The lowest BCUT2D eigenvalue weighted by Crippen LogP contribution is -2.27. The number of para-hydroxylation sites is 2. The van der Waals surface area contributed by atoms with E-state index in [0.29, 0.717) is 0 Å².